The maximum atomic E-state index is 12.2. The van der Waals surface area contributed by atoms with E-state index in [2.05, 4.69) is 33.7 Å². The van der Waals surface area contributed by atoms with E-state index in [0.29, 0.717) is 6.42 Å². The molecule has 0 unspecified atom stereocenters. The number of carbonyl (C=O) groups excluding carboxylic acids is 1. The molecule has 1 aromatic carbocycles. The smallest absolute Gasteiger partial charge is 0.228 e. The highest BCUT2D eigenvalue weighted by Crippen LogP contribution is 2.23. The number of benzene rings is 1. The van der Waals surface area contributed by atoms with Crippen molar-refractivity contribution in [3.63, 3.8) is 0 Å². The first-order valence-electron chi connectivity index (χ1n) is 7.55. The highest BCUT2D eigenvalue weighted by atomic mass is 16.1. The maximum absolute atomic E-state index is 12.2. The normalized spacial score (nSPS) is 13.8. The van der Waals surface area contributed by atoms with E-state index < -0.39 is 0 Å². The fraction of sp³-hybridized carbons (Fsp3) is 0.412. The molecule has 110 valence electrons. The predicted molar refractivity (Wildman–Crippen MR) is 83.5 cm³/mol. The van der Waals surface area contributed by atoms with Gasteiger partial charge in [-0.2, -0.15) is 5.10 Å². The summed E-state index contributed by atoms with van der Waals surface area (Å²) in [6.07, 6.45) is 5.28. The Morgan fingerprint density at radius 2 is 2.00 bits per heavy atom. The highest BCUT2D eigenvalue weighted by Gasteiger charge is 2.13. The number of hydrogen-bond donors (Lipinski definition) is 2. The topological polar surface area (TPSA) is 57.8 Å². The molecule has 4 heteroatoms. The fourth-order valence-corrected chi connectivity index (χ4v) is 3.00. The molecule has 2 N–H and O–H groups in total. The zero-order valence-electron chi connectivity index (χ0n) is 12.6. The van der Waals surface area contributed by atoms with Gasteiger partial charge in [-0.25, -0.2) is 0 Å². The number of aromatic nitrogens is 2. The molecular weight excluding hydrogens is 262 g/mol. The molecule has 0 aliphatic heterocycles. The van der Waals surface area contributed by atoms with Crippen molar-refractivity contribution < 1.29 is 4.79 Å². The first-order valence-corrected chi connectivity index (χ1v) is 7.55. The van der Waals surface area contributed by atoms with Crippen molar-refractivity contribution in [2.24, 2.45) is 0 Å². The minimum Gasteiger partial charge on any atom is -0.323 e. The number of H-pyrrole nitrogens is 1. The number of aromatic amines is 1. The lowest BCUT2D eigenvalue weighted by molar-refractivity contribution is -0.115. The summed E-state index contributed by atoms with van der Waals surface area (Å²) in [6, 6.07) is 6.47. The minimum atomic E-state index is 0.0124. The number of nitrogens with zero attached hydrogens (tertiary/aromatic N) is 1. The molecule has 3 rings (SSSR count). The Morgan fingerprint density at radius 3 is 2.71 bits per heavy atom. The zero-order valence-corrected chi connectivity index (χ0v) is 12.6. The Balaban J connectivity index is 1.70. The van der Waals surface area contributed by atoms with Crippen LogP contribution in [-0.2, 0) is 24.1 Å². The SMILES string of the molecule is Cc1n[nH]c(C)c1NC(=O)Cc1ccc2c(c1)CCCC2. The lowest BCUT2D eigenvalue weighted by Gasteiger charge is -2.16. The van der Waals surface area contributed by atoms with E-state index in [1.54, 1.807) is 0 Å². The molecule has 4 nitrogen and oxygen atoms in total. The number of anilines is 1. The number of carbonyl (C=O) groups is 1. The summed E-state index contributed by atoms with van der Waals surface area (Å²) in [7, 11) is 0. The largest absolute Gasteiger partial charge is 0.323 e. The molecule has 0 saturated carbocycles. The summed E-state index contributed by atoms with van der Waals surface area (Å²) < 4.78 is 0. The third-order valence-electron chi connectivity index (χ3n) is 4.17. The molecule has 0 radical (unpaired) electrons. The third kappa shape index (κ3) is 2.99. The van der Waals surface area contributed by atoms with Crippen LogP contribution >= 0.6 is 0 Å². The van der Waals surface area contributed by atoms with Crippen LogP contribution in [0.2, 0.25) is 0 Å². The summed E-state index contributed by atoms with van der Waals surface area (Å²) in [5.74, 6) is 0.0124. The van der Waals surface area contributed by atoms with Crippen molar-refractivity contribution in [3.05, 3.63) is 46.3 Å². The standard InChI is InChI=1S/C17H21N3O/c1-11-17(12(2)20-19-11)18-16(21)10-13-7-8-14-5-3-4-6-15(14)9-13/h7-9H,3-6,10H2,1-2H3,(H,18,21)(H,19,20). The van der Waals surface area contributed by atoms with Gasteiger partial charge in [0.1, 0.15) is 0 Å². The lowest BCUT2D eigenvalue weighted by Crippen LogP contribution is -2.16. The average molecular weight is 283 g/mol. The summed E-state index contributed by atoms with van der Waals surface area (Å²) in [4.78, 5) is 12.2. The minimum absolute atomic E-state index is 0.0124. The Hall–Kier alpha value is -2.10. The second-order valence-corrected chi connectivity index (χ2v) is 5.84. The van der Waals surface area contributed by atoms with E-state index in [1.807, 2.05) is 13.8 Å². The molecule has 2 aromatic rings. The first kappa shape index (κ1) is 13.9. The molecule has 0 spiro atoms. The van der Waals surface area contributed by atoms with Crippen LogP contribution < -0.4 is 5.32 Å². The summed E-state index contributed by atoms with van der Waals surface area (Å²) >= 11 is 0. The molecular formula is C17H21N3O. The number of amides is 1. The Kier molecular flexibility index (Phi) is 3.78. The van der Waals surface area contributed by atoms with Crippen molar-refractivity contribution in [1.82, 2.24) is 10.2 Å². The third-order valence-corrected chi connectivity index (χ3v) is 4.17. The average Bonchev–Trinajstić information content (AvgIpc) is 2.79. The van der Waals surface area contributed by atoms with Gasteiger partial charge in [0.2, 0.25) is 5.91 Å². The Morgan fingerprint density at radius 1 is 1.24 bits per heavy atom. The van der Waals surface area contributed by atoms with Gasteiger partial charge in [0.05, 0.1) is 23.5 Å². The van der Waals surface area contributed by atoms with E-state index in [-0.39, 0.29) is 5.91 Å². The Bertz CT molecular complexity index is 653. The number of nitrogens with one attached hydrogen (secondary N) is 2. The maximum Gasteiger partial charge on any atom is 0.228 e. The highest BCUT2D eigenvalue weighted by molar-refractivity contribution is 5.93. The molecule has 1 amide bonds. The predicted octanol–water partition coefficient (Wildman–Crippen LogP) is 3.09. The van der Waals surface area contributed by atoms with Gasteiger partial charge in [0.15, 0.2) is 0 Å². The van der Waals surface area contributed by atoms with Crippen LogP contribution in [0.4, 0.5) is 5.69 Å². The van der Waals surface area contributed by atoms with Gasteiger partial charge in [-0.3, -0.25) is 9.89 Å². The number of fused-ring (bicyclic) bond motifs is 1. The molecule has 0 fully saturated rings. The van der Waals surface area contributed by atoms with E-state index in [4.69, 9.17) is 0 Å². The van der Waals surface area contributed by atoms with Crippen LogP contribution in [0.25, 0.3) is 0 Å². The molecule has 1 aliphatic rings. The van der Waals surface area contributed by atoms with Gasteiger partial charge < -0.3 is 5.32 Å². The van der Waals surface area contributed by atoms with Crippen LogP contribution in [0.15, 0.2) is 18.2 Å². The van der Waals surface area contributed by atoms with Crippen molar-refractivity contribution in [2.75, 3.05) is 5.32 Å². The number of aryl methyl sites for hydroxylation is 4. The molecule has 0 atom stereocenters. The van der Waals surface area contributed by atoms with E-state index in [0.717, 1.165) is 29.1 Å². The lowest BCUT2D eigenvalue weighted by atomic mass is 9.90. The van der Waals surface area contributed by atoms with E-state index in [9.17, 15) is 4.79 Å². The molecule has 21 heavy (non-hydrogen) atoms. The van der Waals surface area contributed by atoms with Gasteiger partial charge in [0.25, 0.3) is 0 Å². The number of rotatable bonds is 3. The van der Waals surface area contributed by atoms with Gasteiger partial charge in [-0.15, -0.1) is 0 Å². The van der Waals surface area contributed by atoms with Gasteiger partial charge in [-0.05, 0) is 56.2 Å². The zero-order chi connectivity index (χ0) is 14.8. The number of hydrogen-bond acceptors (Lipinski definition) is 2. The van der Waals surface area contributed by atoms with Crippen LogP contribution in [0.3, 0.4) is 0 Å². The fourth-order valence-electron chi connectivity index (χ4n) is 3.00. The quantitative estimate of drug-likeness (QED) is 0.909. The molecule has 0 bridgehead atoms. The second kappa shape index (κ2) is 5.72. The first-order chi connectivity index (χ1) is 10.1. The second-order valence-electron chi connectivity index (χ2n) is 5.84. The van der Waals surface area contributed by atoms with Crippen molar-refractivity contribution in [3.8, 4) is 0 Å². The van der Waals surface area contributed by atoms with Crippen molar-refractivity contribution in [1.29, 1.82) is 0 Å². The van der Waals surface area contributed by atoms with Gasteiger partial charge >= 0.3 is 0 Å². The van der Waals surface area contributed by atoms with Crippen LogP contribution in [-0.4, -0.2) is 16.1 Å². The summed E-state index contributed by atoms with van der Waals surface area (Å²) in [6.45, 7) is 3.80. The molecule has 1 aliphatic carbocycles. The summed E-state index contributed by atoms with van der Waals surface area (Å²) in [5.41, 5.74) is 6.48. The van der Waals surface area contributed by atoms with Crippen molar-refractivity contribution >= 4 is 11.6 Å². The van der Waals surface area contributed by atoms with Crippen LogP contribution in [0.5, 0.6) is 0 Å². The molecule has 1 aromatic heterocycles. The van der Waals surface area contributed by atoms with E-state index in [1.165, 1.54) is 30.4 Å². The molecule has 1 heterocycles. The van der Waals surface area contributed by atoms with Crippen molar-refractivity contribution in [2.45, 2.75) is 46.0 Å². The van der Waals surface area contributed by atoms with Crippen LogP contribution in [0.1, 0.15) is 40.9 Å². The van der Waals surface area contributed by atoms with E-state index >= 15 is 0 Å². The van der Waals surface area contributed by atoms with Gasteiger partial charge in [0, 0.05) is 0 Å². The summed E-state index contributed by atoms with van der Waals surface area (Å²) in [5, 5.41) is 9.93. The van der Waals surface area contributed by atoms with Crippen LogP contribution in [0, 0.1) is 13.8 Å². The monoisotopic (exact) mass is 283 g/mol. The van der Waals surface area contributed by atoms with Gasteiger partial charge in [-0.1, -0.05) is 18.2 Å². The molecule has 0 saturated heterocycles. The Labute approximate surface area is 125 Å².